The molecule has 3 aromatic rings. The number of rotatable bonds is 7. The average molecular weight is 374 g/mol. The maximum Gasteiger partial charge on any atom is 0.387 e. The van der Waals surface area contributed by atoms with Gasteiger partial charge in [0.25, 0.3) is 5.91 Å². The van der Waals surface area contributed by atoms with Crippen LogP contribution < -0.4 is 10.1 Å². The maximum atomic E-state index is 12.6. The van der Waals surface area contributed by atoms with E-state index in [0.29, 0.717) is 29.4 Å². The number of benzene rings is 2. The van der Waals surface area contributed by atoms with Crippen molar-refractivity contribution in [3.63, 3.8) is 0 Å². The van der Waals surface area contributed by atoms with Crippen molar-refractivity contribution in [1.29, 1.82) is 0 Å². The van der Waals surface area contributed by atoms with E-state index in [0.717, 1.165) is 5.52 Å². The monoisotopic (exact) mass is 374 g/mol. The minimum atomic E-state index is -2.90. The molecule has 0 saturated carbocycles. The van der Waals surface area contributed by atoms with Crippen LogP contribution in [0.15, 0.2) is 52.9 Å². The zero-order valence-electron chi connectivity index (χ0n) is 15.0. The van der Waals surface area contributed by atoms with E-state index < -0.39 is 12.7 Å². The Morgan fingerprint density at radius 3 is 2.48 bits per heavy atom. The molecular formula is C20H20F2N2O3. The van der Waals surface area contributed by atoms with E-state index in [9.17, 15) is 13.6 Å². The third-order valence-corrected chi connectivity index (χ3v) is 3.96. The summed E-state index contributed by atoms with van der Waals surface area (Å²) in [6.07, 6.45) is 0.644. The highest BCUT2D eigenvalue weighted by atomic mass is 19.3. The van der Waals surface area contributed by atoms with E-state index >= 15 is 0 Å². The van der Waals surface area contributed by atoms with Crippen molar-refractivity contribution in [2.45, 2.75) is 32.9 Å². The second-order valence-corrected chi connectivity index (χ2v) is 6.58. The highest BCUT2D eigenvalue weighted by Crippen LogP contribution is 2.25. The van der Waals surface area contributed by atoms with Gasteiger partial charge in [-0.3, -0.25) is 4.79 Å². The van der Waals surface area contributed by atoms with Crippen LogP contribution in [0.25, 0.3) is 11.1 Å². The number of ether oxygens (including phenoxy) is 1. The number of oxazole rings is 1. The molecule has 142 valence electrons. The van der Waals surface area contributed by atoms with Crippen molar-refractivity contribution < 1.29 is 22.7 Å². The van der Waals surface area contributed by atoms with Gasteiger partial charge in [0.2, 0.25) is 5.89 Å². The Labute approximate surface area is 155 Å². The second-order valence-electron chi connectivity index (χ2n) is 6.58. The number of halogens is 2. The molecule has 0 bridgehead atoms. The molecule has 1 heterocycles. The Bertz CT molecular complexity index is 874. The number of hydrogen-bond donors (Lipinski definition) is 1. The molecular weight excluding hydrogens is 354 g/mol. The molecule has 0 aliphatic carbocycles. The molecule has 0 radical (unpaired) electrons. The highest BCUT2D eigenvalue weighted by Gasteiger charge is 2.22. The van der Waals surface area contributed by atoms with Crippen LogP contribution in [-0.4, -0.2) is 17.5 Å². The highest BCUT2D eigenvalue weighted by molar-refractivity contribution is 5.94. The Morgan fingerprint density at radius 1 is 1.15 bits per heavy atom. The molecule has 7 heteroatoms. The van der Waals surface area contributed by atoms with Gasteiger partial charge in [-0.25, -0.2) is 4.98 Å². The zero-order valence-corrected chi connectivity index (χ0v) is 15.0. The molecule has 0 spiro atoms. The Morgan fingerprint density at radius 2 is 1.85 bits per heavy atom. The van der Waals surface area contributed by atoms with Crippen molar-refractivity contribution in [3.8, 4) is 5.75 Å². The van der Waals surface area contributed by atoms with Gasteiger partial charge >= 0.3 is 6.61 Å². The Balaban J connectivity index is 1.78. The van der Waals surface area contributed by atoms with Gasteiger partial charge in [0, 0.05) is 5.56 Å². The normalized spacial score (nSPS) is 12.5. The SMILES string of the molecule is CC(C)C[C@H](NC(=O)c1ccc(OC(F)F)cc1)c1nc2ccccc2o1. The van der Waals surface area contributed by atoms with E-state index in [1.807, 2.05) is 38.1 Å². The molecule has 0 fully saturated rings. The lowest BCUT2D eigenvalue weighted by molar-refractivity contribution is -0.0498. The summed E-state index contributed by atoms with van der Waals surface area (Å²) >= 11 is 0. The number of nitrogens with one attached hydrogen (secondary N) is 1. The molecule has 0 saturated heterocycles. The van der Waals surface area contributed by atoms with Gasteiger partial charge in [0.1, 0.15) is 17.3 Å². The molecule has 1 amide bonds. The standard InChI is InChI=1S/C20H20F2N2O3/c1-12(2)11-16(19-24-15-5-3-4-6-17(15)27-19)23-18(25)13-7-9-14(10-8-13)26-20(21)22/h3-10,12,16,20H,11H2,1-2H3,(H,23,25)/t16-/m0/s1. The zero-order chi connectivity index (χ0) is 19.4. The molecule has 0 unspecified atom stereocenters. The fraction of sp³-hybridized carbons (Fsp3) is 0.300. The fourth-order valence-electron chi connectivity index (χ4n) is 2.76. The van der Waals surface area contributed by atoms with E-state index in [1.54, 1.807) is 0 Å². The number of aromatic nitrogens is 1. The van der Waals surface area contributed by atoms with Crippen LogP contribution in [0.5, 0.6) is 5.75 Å². The molecule has 5 nitrogen and oxygen atoms in total. The van der Waals surface area contributed by atoms with Crippen LogP contribution >= 0.6 is 0 Å². The summed E-state index contributed by atoms with van der Waals surface area (Å²) in [7, 11) is 0. The summed E-state index contributed by atoms with van der Waals surface area (Å²) in [6, 6.07) is 12.5. The molecule has 3 rings (SSSR count). The first-order valence-electron chi connectivity index (χ1n) is 8.63. The Hall–Kier alpha value is -2.96. The smallest absolute Gasteiger partial charge is 0.387 e. The Kier molecular flexibility index (Phi) is 5.69. The van der Waals surface area contributed by atoms with Crippen molar-refractivity contribution in [2.24, 2.45) is 5.92 Å². The second kappa shape index (κ2) is 8.16. The third-order valence-electron chi connectivity index (χ3n) is 3.96. The van der Waals surface area contributed by atoms with Gasteiger partial charge in [-0.05, 0) is 48.7 Å². The first kappa shape index (κ1) is 18.8. The number of alkyl halides is 2. The number of fused-ring (bicyclic) bond motifs is 1. The summed E-state index contributed by atoms with van der Waals surface area (Å²) in [5.74, 6) is 0.397. The van der Waals surface area contributed by atoms with Gasteiger partial charge in [0.15, 0.2) is 5.58 Å². The molecule has 1 aromatic heterocycles. The lowest BCUT2D eigenvalue weighted by atomic mass is 10.0. The van der Waals surface area contributed by atoms with Crippen LogP contribution in [-0.2, 0) is 0 Å². The molecule has 1 N–H and O–H groups in total. The van der Waals surface area contributed by atoms with Gasteiger partial charge in [-0.1, -0.05) is 26.0 Å². The lowest BCUT2D eigenvalue weighted by Gasteiger charge is -2.17. The molecule has 0 aliphatic heterocycles. The molecule has 0 aliphatic rings. The maximum absolute atomic E-state index is 12.6. The summed E-state index contributed by atoms with van der Waals surface area (Å²) in [5.41, 5.74) is 1.72. The minimum Gasteiger partial charge on any atom is -0.438 e. The van der Waals surface area contributed by atoms with Crippen molar-refractivity contribution >= 4 is 17.0 Å². The van der Waals surface area contributed by atoms with Gasteiger partial charge in [-0.2, -0.15) is 8.78 Å². The van der Waals surface area contributed by atoms with E-state index in [-0.39, 0.29) is 11.7 Å². The fourth-order valence-corrected chi connectivity index (χ4v) is 2.76. The van der Waals surface area contributed by atoms with E-state index in [4.69, 9.17) is 4.42 Å². The lowest BCUT2D eigenvalue weighted by Crippen LogP contribution is -2.29. The predicted molar refractivity (Wildman–Crippen MR) is 96.7 cm³/mol. The van der Waals surface area contributed by atoms with Crippen LogP contribution in [0.1, 0.15) is 42.6 Å². The quantitative estimate of drug-likeness (QED) is 0.636. The first-order chi connectivity index (χ1) is 12.9. The van der Waals surface area contributed by atoms with Gasteiger partial charge in [0.05, 0.1) is 0 Å². The number of amides is 1. The molecule has 2 aromatic carbocycles. The largest absolute Gasteiger partial charge is 0.438 e. The molecule has 1 atom stereocenters. The van der Waals surface area contributed by atoms with Crippen LogP contribution in [0.4, 0.5) is 8.78 Å². The predicted octanol–water partition coefficient (Wildman–Crippen LogP) is 4.95. The van der Waals surface area contributed by atoms with Crippen molar-refractivity contribution in [1.82, 2.24) is 10.3 Å². The third kappa shape index (κ3) is 4.81. The average Bonchev–Trinajstić information content (AvgIpc) is 3.05. The summed E-state index contributed by atoms with van der Waals surface area (Å²) < 4.78 is 34.6. The van der Waals surface area contributed by atoms with Gasteiger partial charge in [-0.15, -0.1) is 0 Å². The van der Waals surface area contributed by atoms with E-state index in [2.05, 4.69) is 15.0 Å². The first-order valence-corrected chi connectivity index (χ1v) is 8.63. The summed E-state index contributed by atoms with van der Waals surface area (Å²) in [6.45, 7) is 1.18. The number of carbonyl (C=O) groups excluding carboxylic acids is 1. The number of carbonyl (C=O) groups is 1. The van der Waals surface area contributed by atoms with Gasteiger partial charge < -0.3 is 14.5 Å². The number of hydrogen-bond acceptors (Lipinski definition) is 4. The van der Waals surface area contributed by atoms with E-state index in [1.165, 1.54) is 24.3 Å². The summed E-state index contributed by atoms with van der Waals surface area (Å²) in [5, 5.41) is 2.92. The number of nitrogens with zero attached hydrogens (tertiary/aromatic N) is 1. The number of para-hydroxylation sites is 2. The van der Waals surface area contributed by atoms with Crippen molar-refractivity contribution in [3.05, 3.63) is 60.0 Å². The van der Waals surface area contributed by atoms with Crippen LogP contribution in [0.2, 0.25) is 0 Å². The topological polar surface area (TPSA) is 64.4 Å². The van der Waals surface area contributed by atoms with Crippen molar-refractivity contribution in [2.75, 3.05) is 0 Å². The van der Waals surface area contributed by atoms with Crippen LogP contribution in [0, 0.1) is 5.92 Å². The summed E-state index contributed by atoms with van der Waals surface area (Å²) in [4.78, 5) is 17.1. The molecule has 27 heavy (non-hydrogen) atoms. The van der Waals surface area contributed by atoms with Crippen LogP contribution in [0.3, 0.4) is 0 Å². The minimum absolute atomic E-state index is 0.000712.